The number of amides is 1. The van der Waals surface area contributed by atoms with Gasteiger partial charge < -0.3 is 10.1 Å². The van der Waals surface area contributed by atoms with E-state index in [4.69, 9.17) is 4.74 Å². The Morgan fingerprint density at radius 1 is 1.36 bits per heavy atom. The van der Waals surface area contributed by atoms with Gasteiger partial charge in [-0.25, -0.2) is 9.89 Å². The summed E-state index contributed by atoms with van der Waals surface area (Å²) in [5.74, 6) is 0.811. The van der Waals surface area contributed by atoms with Gasteiger partial charge in [0.1, 0.15) is 10.8 Å². The van der Waals surface area contributed by atoms with Crippen LogP contribution in [0, 0.1) is 6.92 Å². The van der Waals surface area contributed by atoms with E-state index in [0.29, 0.717) is 17.3 Å². The second-order valence-corrected chi connectivity index (χ2v) is 5.41. The summed E-state index contributed by atoms with van der Waals surface area (Å²) in [6.45, 7) is 2.16. The molecule has 0 saturated heterocycles. The third kappa shape index (κ3) is 4.59. The van der Waals surface area contributed by atoms with E-state index in [1.807, 2.05) is 24.3 Å². The maximum atomic E-state index is 11.8. The second kappa shape index (κ2) is 7.60. The first-order valence-corrected chi connectivity index (χ1v) is 7.53. The number of carbonyl (C=O) groups is 1. The highest BCUT2D eigenvalue weighted by molar-refractivity contribution is 7.99. The molecule has 1 aromatic heterocycles. The molecule has 0 aliphatic heterocycles. The van der Waals surface area contributed by atoms with Crippen LogP contribution < -0.4 is 15.7 Å². The number of nitrogens with one attached hydrogen (secondary N) is 2. The molecule has 2 rings (SSSR count). The van der Waals surface area contributed by atoms with Crippen molar-refractivity contribution < 1.29 is 9.53 Å². The van der Waals surface area contributed by atoms with Gasteiger partial charge >= 0.3 is 5.69 Å². The number of hydrogen-bond donors (Lipinski definition) is 2. The zero-order valence-electron chi connectivity index (χ0n) is 12.3. The van der Waals surface area contributed by atoms with Gasteiger partial charge in [0.2, 0.25) is 5.91 Å². The molecule has 2 N–H and O–H groups in total. The number of nitrogens with zero attached hydrogens (tertiary/aromatic N) is 2. The topological polar surface area (TPSA) is 97.0 Å². The fourth-order valence-electron chi connectivity index (χ4n) is 1.64. The molecule has 7 nitrogen and oxygen atoms in total. The average Bonchev–Trinajstić information content (AvgIpc) is 2.54. The SMILES string of the molecule is COc1ccc(CNC(=O)CSc2nc(=O)[nH]nc2C)cc1. The number of aryl methyl sites for hydroxylation is 1. The number of benzene rings is 1. The zero-order chi connectivity index (χ0) is 15.9. The predicted molar refractivity (Wildman–Crippen MR) is 83.0 cm³/mol. The highest BCUT2D eigenvalue weighted by Crippen LogP contribution is 2.15. The molecule has 0 spiro atoms. The molecule has 0 radical (unpaired) electrons. The Morgan fingerprint density at radius 3 is 2.77 bits per heavy atom. The van der Waals surface area contributed by atoms with Crippen LogP contribution in [-0.2, 0) is 11.3 Å². The molecular formula is C14H16N4O3S. The number of hydrogen-bond acceptors (Lipinski definition) is 6. The number of aromatic amines is 1. The first kappa shape index (κ1) is 16.0. The number of H-pyrrole nitrogens is 1. The van der Waals surface area contributed by atoms with Crippen LogP contribution in [0.25, 0.3) is 0 Å². The molecular weight excluding hydrogens is 304 g/mol. The molecule has 0 atom stereocenters. The Labute approximate surface area is 131 Å². The van der Waals surface area contributed by atoms with Crippen molar-refractivity contribution in [3.05, 3.63) is 46.0 Å². The van der Waals surface area contributed by atoms with Gasteiger partial charge in [-0.05, 0) is 24.6 Å². The van der Waals surface area contributed by atoms with Crippen LogP contribution in [-0.4, -0.2) is 34.0 Å². The molecule has 0 bridgehead atoms. The lowest BCUT2D eigenvalue weighted by molar-refractivity contribution is -0.118. The number of aromatic nitrogens is 3. The van der Waals surface area contributed by atoms with Crippen LogP contribution in [0.3, 0.4) is 0 Å². The van der Waals surface area contributed by atoms with E-state index >= 15 is 0 Å². The van der Waals surface area contributed by atoms with E-state index < -0.39 is 5.69 Å². The average molecular weight is 320 g/mol. The monoisotopic (exact) mass is 320 g/mol. The first-order chi connectivity index (χ1) is 10.6. The molecule has 1 heterocycles. The number of methoxy groups -OCH3 is 1. The zero-order valence-corrected chi connectivity index (χ0v) is 13.1. The summed E-state index contributed by atoms with van der Waals surface area (Å²) in [6.07, 6.45) is 0. The third-order valence-electron chi connectivity index (χ3n) is 2.82. The molecule has 0 fully saturated rings. The Balaban J connectivity index is 1.82. The summed E-state index contributed by atoms with van der Waals surface area (Å²) in [5.41, 5.74) is 1.05. The fourth-order valence-corrected chi connectivity index (χ4v) is 2.42. The minimum absolute atomic E-state index is 0.137. The standard InChI is InChI=1S/C14H16N4O3S/c1-9-13(16-14(20)18-17-9)22-8-12(19)15-7-10-3-5-11(21-2)6-4-10/h3-6H,7-8H2,1-2H3,(H,15,19)(H,16,18,20). The fraction of sp³-hybridized carbons (Fsp3) is 0.286. The highest BCUT2D eigenvalue weighted by Gasteiger charge is 2.08. The number of ether oxygens (including phenoxy) is 1. The maximum Gasteiger partial charge on any atom is 0.362 e. The predicted octanol–water partition coefficient (Wildman–Crippen LogP) is 0.890. The molecule has 0 aliphatic rings. The van der Waals surface area contributed by atoms with Crippen LogP contribution in [0.2, 0.25) is 0 Å². The van der Waals surface area contributed by atoms with Gasteiger partial charge in [-0.15, -0.1) is 0 Å². The van der Waals surface area contributed by atoms with Crippen LogP contribution in [0.1, 0.15) is 11.3 Å². The molecule has 22 heavy (non-hydrogen) atoms. The molecule has 1 aromatic carbocycles. The normalized spacial score (nSPS) is 10.3. The van der Waals surface area contributed by atoms with E-state index in [9.17, 15) is 9.59 Å². The molecule has 2 aromatic rings. The molecule has 0 saturated carbocycles. The second-order valence-electron chi connectivity index (χ2n) is 4.44. The summed E-state index contributed by atoms with van der Waals surface area (Å²) in [7, 11) is 1.60. The van der Waals surface area contributed by atoms with Gasteiger partial charge in [0, 0.05) is 6.54 Å². The lowest BCUT2D eigenvalue weighted by atomic mass is 10.2. The minimum Gasteiger partial charge on any atom is -0.497 e. The smallest absolute Gasteiger partial charge is 0.362 e. The number of carbonyl (C=O) groups excluding carboxylic acids is 1. The van der Waals surface area contributed by atoms with Crippen molar-refractivity contribution in [3.8, 4) is 5.75 Å². The highest BCUT2D eigenvalue weighted by atomic mass is 32.2. The molecule has 116 valence electrons. The Hall–Kier alpha value is -2.35. The van der Waals surface area contributed by atoms with Crippen molar-refractivity contribution in [3.63, 3.8) is 0 Å². The first-order valence-electron chi connectivity index (χ1n) is 6.54. The van der Waals surface area contributed by atoms with Crippen LogP contribution in [0.5, 0.6) is 5.75 Å². The molecule has 1 amide bonds. The van der Waals surface area contributed by atoms with Gasteiger partial charge in [-0.2, -0.15) is 10.1 Å². The van der Waals surface area contributed by atoms with Crippen LogP contribution in [0.15, 0.2) is 34.1 Å². The largest absolute Gasteiger partial charge is 0.497 e. The van der Waals surface area contributed by atoms with E-state index in [2.05, 4.69) is 20.5 Å². The lowest BCUT2D eigenvalue weighted by Gasteiger charge is -2.06. The Kier molecular flexibility index (Phi) is 5.54. The van der Waals surface area contributed by atoms with Crippen molar-refractivity contribution in [2.24, 2.45) is 0 Å². The van der Waals surface area contributed by atoms with Crippen molar-refractivity contribution >= 4 is 17.7 Å². The number of rotatable bonds is 6. The van der Waals surface area contributed by atoms with Gasteiger partial charge in [0.25, 0.3) is 0 Å². The molecule has 0 unspecified atom stereocenters. The summed E-state index contributed by atoms with van der Waals surface area (Å²) < 4.78 is 5.07. The Bertz CT molecular complexity index is 700. The third-order valence-corrected chi connectivity index (χ3v) is 3.89. The van der Waals surface area contributed by atoms with Gasteiger partial charge in [0.05, 0.1) is 18.6 Å². The van der Waals surface area contributed by atoms with Gasteiger partial charge in [0.15, 0.2) is 0 Å². The maximum absolute atomic E-state index is 11.8. The van der Waals surface area contributed by atoms with Crippen molar-refractivity contribution in [2.75, 3.05) is 12.9 Å². The molecule has 0 aliphatic carbocycles. The van der Waals surface area contributed by atoms with Gasteiger partial charge in [-0.1, -0.05) is 23.9 Å². The quantitative estimate of drug-likeness (QED) is 0.767. The molecule has 8 heteroatoms. The van der Waals surface area contributed by atoms with Crippen molar-refractivity contribution in [1.29, 1.82) is 0 Å². The summed E-state index contributed by atoms with van der Waals surface area (Å²) in [5, 5.41) is 9.31. The summed E-state index contributed by atoms with van der Waals surface area (Å²) in [4.78, 5) is 26.7. The van der Waals surface area contributed by atoms with Crippen LogP contribution in [0.4, 0.5) is 0 Å². The van der Waals surface area contributed by atoms with Crippen molar-refractivity contribution in [2.45, 2.75) is 18.5 Å². The Morgan fingerprint density at radius 2 is 2.09 bits per heavy atom. The number of thioether (sulfide) groups is 1. The van der Waals surface area contributed by atoms with Gasteiger partial charge in [-0.3, -0.25) is 4.79 Å². The van der Waals surface area contributed by atoms with Crippen molar-refractivity contribution in [1.82, 2.24) is 20.5 Å². The summed E-state index contributed by atoms with van der Waals surface area (Å²) in [6, 6.07) is 7.45. The minimum atomic E-state index is -0.522. The summed E-state index contributed by atoms with van der Waals surface area (Å²) >= 11 is 1.18. The van der Waals surface area contributed by atoms with E-state index in [1.54, 1.807) is 14.0 Å². The van der Waals surface area contributed by atoms with E-state index in [0.717, 1.165) is 11.3 Å². The van der Waals surface area contributed by atoms with E-state index in [-0.39, 0.29) is 11.7 Å². The van der Waals surface area contributed by atoms with E-state index in [1.165, 1.54) is 11.8 Å². The van der Waals surface area contributed by atoms with Crippen LogP contribution >= 0.6 is 11.8 Å². The lowest BCUT2D eigenvalue weighted by Crippen LogP contribution is -2.25.